The van der Waals surface area contributed by atoms with Gasteiger partial charge in [-0.2, -0.15) is 0 Å². The molecule has 3 rings (SSSR count). The molecule has 2 amide bonds. The first-order valence-electron chi connectivity index (χ1n) is 8.24. The number of hydrogen-bond donors (Lipinski definition) is 1. The maximum atomic E-state index is 12.1. The predicted molar refractivity (Wildman–Crippen MR) is 90.4 cm³/mol. The van der Waals surface area contributed by atoms with Crippen LogP contribution in [0.2, 0.25) is 0 Å². The summed E-state index contributed by atoms with van der Waals surface area (Å²) in [7, 11) is 0. The van der Waals surface area contributed by atoms with Crippen molar-refractivity contribution in [3.05, 3.63) is 35.9 Å². The lowest BCUT2D eigenvalue weighted by Gasteiger charge is -2.26. The first-order valence-corrected chi connectivity index (χ1v) is 8.24. The standard InChI is InChI=1S/C18H21N3O3/c1-13-17(14-7-3-2-4-8-14)20-24-18(13)19-15(22)10-12-21-11-6-5-9-16(21)23/h2-4,7-8H,5-6,9-12H2,1H3,(H,19,22). The Morgan fingerprint density at radius 3 is 2.83 bits per heavy atom. The Morgan fingerprint density at radius 1 is 1.29 bits per heavy atom. The Bertz CT molecular complexity index is 724. The van der Waals surface area contributed by atoms with Crippen molar-refractivity contribution in [3.63, 3.8) is 0 Å². The van der Waals surface area contributed by atoms with Crippen molar-refractivity contribution in [2.24, 2.45) is 0 Å². The van der Waals surface area contributed by atoms with Crippen LogP contribution in [0.3, 0.4) is 0 Å². The average molecular weight is 327 g/mol. The largest absolute Gasteiger partial charge is 0.342 e. The van der Waals surface area contributed by atoms with E-state index in [-0.39, 0.29) is 18.2 Å². The van der Waals surface area contributed by atoms with Gasteiger partial charge in [-0.15, -0.1) is 0 Å². The summed E-state index contributed by atoms with van der Waals surface area (Å²) in [5.74, 6) is 0.326. The van der Waals surface area contributed by atoms with Crippen molar-refractivity contribution < 1.29 is 14.1 Å². The van der Waals surface area contributed by atoms with E-state index in [0.717, 1.165) is 36.2 Å². The van der Waals surface area contributed by atoms with Gasteiger partial charge in [0.15, 0.2) is 0 Å². The van der Waals surface area contributed by atoms with Crippen molar-refractivity contribution in [1.82, 2.24) is 10.1 Å². The highest BCUT2D eigenvalue weighted by Crippen LogP contribution is 2.27. The SMILES string of the molecule is Cc1c(-c2ccccc2)noc1NC(=O)CCN1CCCCC1=O. The maximum absolute atomic E-state index is 12.1. The van der Waals surface area contributed by atoms with Crippen LogP contribution in [0.15, 0.2) is 34.9 Å². The summed E-state index contributed by atoms with van der Waals surface area (Å²) in [4.78, 5) is 25.6. The molecule has 0 saturated carbocycles. The van der Waals surface area contributed by atoms with Gasteiger partial charge in [0, 0.05) is 37.1 Å². The zero-order chi connectivity index (χ0) is 16.9. The Labute approximate surface area is 140 Å². The van der Waals surface area contributed by atoms with E-state index in [2.05, 4.69) is 10.5 Å². The normalized spacial score (nSPS) is 14.7. The molecule has 2 heterocycles. The quantitative estimate of drug-likeness (QED) is 0.916. The van der Waals surface area contributed by atoms with Gasteiger partial charge in [-0.05, 0) is 19.8 Å². The number of anilines is 1. The van der Waals surface area contributed by atoms with Gasteiger partial charge < -0.3 is 9.42 Å². The molecule has 126 valence electrons. The summed E-state index contributed by atoms with van der Waals surface area (Å²) in [5, 5.41) is 6.80. The van der Waals surface area contributed by atoms with Crippen molar-refractivity contribution in [2.45, 2.75) is 32.6 Å². The van der Waals surface area contributed by atoms with Gasteiger partial charge in [-0.1, -0.05) is 35.5 Å². The first kappa shape index (κ1) is 16.2. The lowest BCUT2D eigenvalue weighted by molar-refractivity contribution is -0.133. The lowest BCUT2D eigenvalue weighted by Crippen LogP contribution is -2.37. The maximum Gasteiger partial charge on any atom is 0.234 e. The molecule has 0 radical (unpaired) electrons. The van der Waals surface area contributed by atoms with Crippen molar-refractivity contribution in [2.75, 3.05) is 18.4 Å². The van der Waals surface area contributed by atoms with E-state index in [1.165, 1.54) is 0 Å². The van der Waals surface area contributed by atoms with Crippen molar-refractivity contribution in [3.8, 4) is 11.3 Å². The van der Waals surface area contributed by atoms with Gasteiger partial charge >= 0.3 is 0 Å². The van der Waals surface area contributed by atoms with Gasteiger partial charge in [-0.3, -0.25) is 14.9 Å². The Hall–Kier alpha value is -2.63. The minimum Gasteiger partial charge on any atom is -0.342 e. The Morgan fingerprint density at radius 2 is 2.08 bits per heavy atom. The van der Waals surface area contributed by atoms with Crippen LogP contribution in [0.4, 0.5) is 5.88 Å². The minimum atomic E-state index is -0.174. The molecule has 0 unspecified atom stereocenters. The second kappa shape index (κ2) is 7.29. The lowest BCUT2D eigenvalue weighted by atomic mass is 10.1. The smallest absolute Gasteiger partial charge is 0.234 e. The summed E-state index contributed by atoms with van der Waals surface area (Å²) >= 11 is 0. The molecule has 1 aromatic heterocycles. The highest BCUT2D eigenvalue weighted by Gasteiger charge is 2.20. The minimum absolute atomic E-state index is 0.135. The molecule has 2 aromatic rings. The molecule has 0 spiro atoms. The van der Waals surface area contributed by atoms with Crippen LogP contribution in [0.25, 0.3) is 11.3 Å². The van der Waals surface area contributed by atoms with Crippen molar-refractivity contribution in [1.29, 1.82) is 0 Å². The number of benzene rings is 1. The molecule has 6 nitrogen and oxygen atoms in total. The van der Waals surface area contributed by atoms with Crippen LogP contribution in [-0.2, 0) is 9.59 Å². The van der Waals surface area contributed by atoms with Gasteiger partial charge in [0.25, 0.3) is 0 Å². The summed E-state index contributed by atoms with van der Waals surface area (Å²) in [6, 6.07) is 9.68. The molecule has 0 atom stereocenters. The Balaban J connectivity index is 1.59. The topological polar surface area (TPSA) is 75.4 Å². The zero-order valence-electron chi connectivity index (χ0n) is 13.7. The zero-order valence-corrected chi connectivity index (χ0v) is 13.7. The average Bonchev–Trinajstić information content (AvgIpc) is 2.96. The van der Waals surface area contributed by atoms with Crippen LogP contribution in [-0.4, -0.2) is 35.0 Å². The molecule has 1 N–H and O–H groups in total. The van der Waals surface area contributed by atoms with Crippen LogP contribution >= 0.6 is 0 Å². The van der Waals surface area contributed by atoms with Crippen LogP contribution in [0.5, 0.6) is 0 Å². The number of carbonyl (C=O) groups excluding carboxylic acids is 2. The highest BCUT2D eigenvalue weighted by atomic mass is 16.5. The molecular formula is C18H21N3O3. The fourth-order valence-corrected chi connectivity index (χ4v) is 2.84. The van der Waals surface area contributed by atoms with E-state index in [4.69, 9.17) is 4.52 Å². The van der Waals surface area contributed by atoms with Crippen molar-refractivity contribution >= 4 is 17.7 Å². The van der Waals surface area contributed by atoms with Gasteiger partial charge in [0.05, 0.1) is 0 Å². The number of likely N-dealkylation sites (tertiary alicyclic amines) is 1. The van der Waals surface area contributed by atoms with E-state index in [1.54, 1.807) is 4.90 Å². The summed E-state index contributed by atoms with van der Waals surface area (Å²) in [6.07, 6.45) is 2.80. The van der Waals surface area contributed by atoms with Gasteiger partial charge in [0.1, 0.15) is 5.69 Å². The second-order valence-corrected chi connectivity index (χ2v) is 5.99. The highest BCUT2D eigenvalue weighted by molar-refractivity contribution is 5.91. The number of nitrogens with one attached hydrogen (secondary N) is 1. The monoisotopic (exact) mass is 327 g/mol. The van der Waals surface area contributed by atoms with Gasteiger partial charge in [0.2, 0.25) is 17.7 Å². The van der Waals surface area contributed by atoms with Gasteiger partial charge in [-0.25, -0.2) is 0 Å². The van der Waals surface area contributed by atoms with E-state index in [9.17, 15) is 9.59 Å². The fourth-order valence-electron chi connectivity index (χ4n) is 2.84. The molecule has 1 aliphatic heterocycles. The van der Waals surface area contributed by atoms with Crippen LogP contribution < -0.4 is 5.32 Å². The van der Waals surface area contributed by atoms with E-state index in [0.29, 0.717) is 18.8 Å². The third-order valence-electron chi connectivity index (χ3n) is 4.25. The molecule has 0 bridgehead atoms. The molecule has 1 fully saturated rings. The van der Waals surface area contributed by atoms with E-state index < -0.39 is 0 Å². The van der Waals surface area contributed by atoms with Crippen LogP contribution in [0.1, 0.15) is 31.2 Å². The predicted octanol–water partition coefficient (Wildman–Crippen LogP) is 2.99. The number of aromatic nitrogens is 1. The summed E-state index contributed by atoms with van der Waals surface area (Å²) in [6.45, 7) is 3.05. The summed E-state index contributed by atoms with van der Waals surface area (Å²) in [5.41, 5.74) is 2.46. The number of rotatable bonds is 5. The van der Waals surface area contributed by atoms with E-state index in [1.807, 2.05) is 37.3 Å². The molecule has 1 aliphatic rings. The molecule has 1 aromatic carbocycles. The number of piperidine rings is 1. The third-order valence-corrected chi connectivity index (χ3v) is 4.25. The molecule has 1 saturated heterocycles. The number of carbonyl (C=O) groups is 2. The molecule has 24 heavy (non-hydrogen) atoms. The van der Waals surface area contributed by atoms with E-state index >= 15 is 0 Å². The summed E-state index contributed by atoms with van der Waals surface area (Å²) < 4.78 is 5.27. The first-order chi connectivity index (χ1) is 11.6. The third kappa shape index (κ3) is 3.64. The number of hydrogen-bond acceptors (Lipinski definition) is 4. The number of nitrogens with zero attached hydrogens (tertiary/aromatic N) is 2. The Kier molecular flexibility index (Phi) is 4.93. The molecule has 6 heteroatoms. The second-order valence-electron chi connectivity index (χ2n) is 5.99. The van der Waals surface area contributed by atoms with Crippen LogP contribution in [0, 0.1) is 6.92 Å². The molecular weight excluding hydrogens is 306 g/mol. The fraction of sp³-hybridized carbons (Fsp3) is 0.389. The number of amides is 2. The molecule has 0 aliphatic carbocycles.